The molecule has 0 radical (unpaired) electrons. The Kier molecular flexibility index (Phi) is 6.16. The molecule has 36 heavy (non-hydrogen) atoms. The van der Waals surface area contributed by atoms with Crippen molar-refractivity contribution >= 4 is 22.7 Å². The average molecular weight is 482 g/mol. The van der Waals surface area contributed by atoms with Crippen molar-refractivity contribution in [3.63, 3.8) is 0 Å². The van der Waals surface area contributed by atoms with Gasteiger partial charge in [0.2, 0.25) is 0 Å². The number of methoxy groups -OCH3 is 1. The van der Waals surface area contributed by atoms with E-state index in [1.165, 1.54) is 19.2 Å². The number of aromatic nitrogens is 4. The minimum absolute atomic E-state index is 0.213. The van der Waals surface area contributed by atoms with E-state index in [4.69, 9.17) is 15.5 Å². The SMILES string of the molecule is COC(=O)CCn1cc(-c2cc(-c3ccc4nccc(C)c4c3)c(-c3ccc(F)cc3)nc2N)cn1. The van der Waals surface area contributed by atoms with Crippen LogP contribution in [0.1, 0.15) is 12.0 Å². The van der Waals surface area contributed by atoms with Gasteiger partial charge in [0.25, 0.3) is 0 Å². The number of nitrogens with two attached hydrogens (primary N) is 1. The molecule has 0 atom stereocenters. The Morgan fingerprint density at radius 3 is 2.58 bits per heavy atom. The molecule has 8 heteroatoms. The van der Waals surface area contributed by atoms with Gasteiger partial charge in [-0.15, -0.1) is 0 Å². The first-order valence-electron chi connectivity index (χ1n) is 11.4. The normalized spacial score (nSPS) is 11.1. The van der Waals surface area contributed by atoms with Crippen molar-refractivity contribution in [2.24, 2.45) is 0 Å². The molecule has 2 N–H and O–H groups in total. The van der Waals surface area contributed by atoms with Gasteiger partial charge in [-0.2, -0.15) is 5.10 Å². The summed E-state index contributed by atoms with van der Waals surface area (Å²) in [7, 11) is 1.36. The fraction of sp³-hybridized carbons (Fsp3) is 0.143. The van der Waals surface area contributed by atoms with Crippen molar-refractivity contribution < 1.29 is 13.9 Å². The van der Waals surface area contributed by atoms with Crippen molar-refractivity contribution in [2.45, 2.75) is 19.9 Å². The second-order valence-corrected chi connectivity index (χ2v) is 8.50. The maximum Gasteiger partial charge on any atom is 0.307 e. The van der Waals surface area contributed by atoms with E-state index in [-0.39, 0.29) is 18.2 Å². The Labute approximate surface area is 207 Å². The van der Waals surface area contributed by atoms with Crippen LogP contribution in [-0.4, -0.2) is 32.8 Å². The molecule has 3 aromatic heterocycles. The van der Waals surface area contributed by atoms with Gasteiger partial charge < -0.3 is 10.5 Å². The van der Waals surface area contributed by atoms with E-state index in [0.29, 0.717) is 23.6 Å². The zero-order valence-corrected chi connectivity index (χ0v) is 19.9. The number of hydrogen-bond donors (Lipinski definition) is 1. The maximum atomic E-state index is 13.7. The maximum absolute atomic E-state index is 13.7. The van der Waals surface area contributed by atoms with Crippen LogP contribution in [0.2, 0.25) is 0 Å². The van der Waals surface area contributed by atoms with E-state index >= 15 is 0 Å². The monoisotopic (exact) mass is 481 g/mol. The summed E-state index contributed by atoms with van der Waals surface area (Å²) in [6.07, 6.45) is 5.53. The molecule has 2 aromatic carbocycles. The molecule has 0 saturated heterocycles. The molecule has 0 saturated carbocycles. The summed E-state index contributed by atoms with van der Waals surface area (Å²) in [6.45, 7) is 2.43. The lowest BCUT2D eigenvalue weighted by Gasteiger charge is -2.14. The molecule has 5 rings (SSSR count). The third-order valence-electron chi connectivity index (χ3n) is 6.16. The highest BCUT2D eigenvalue weighted by Gasteiger charge is 2.17. The Hall–Kier alpha value is -4.59. The van der Waals surface area contributed by atoms with Gasteiger partial charge in [-0.3, -0.25) is 14.5 Å². The van der Waals surface area contributed by atoms with E-state index in [9.17, 15) is 9.18 Å². The zero-order valence-electron chi connectivity index (χ0n) is 19.9. The van der Waals surface area contributed by atoms with Crippen molar-refractivity contribution in [3.05, 3.63) is 84.6 Å². The number of fused-ring (bicyclic) bond motifs is 1. The number of pyridine rings is 2. The first-order chi connectivity index (χ1) is 17.4. The van der Waals surface area contributed by atoms with Crippen LogP contribution in [-0.2, 0) is 16.1 Å². The number of benzene rings is 2. The van der Waals surface area contributed by atoms with Crippen LogP contribution in [0, 0.1) is 12.7 Å². The molecule has 7 nitrogen and oxygen atoms in total. The lowest BCUT2D eigenvalue weighted by Crippen LogP contribution is -2.07. The minimum Gasteiger partial charge on any atom is -0.469 e. The van der Waals surface area contributed by atoms with Gasteiger partial charge >= 0.3 is 5.97 Å². The number of hydrogen-bond acceptors (Lipinski definition) is 6. The quantitative estimate of drug-likeness (QED) is 0.325. The third-order valence-corrected chi connectivity index (χ3v) is 6.16. The van der Waals surface area contributed by atoms with Gasteiger partial charge in [-0.25, -0.2) is 9.37 Å². The standard InChI is InChI=1S/C28H24FN5O2/c1-17-9-11-31-25-8-5-19(13-22(17)25)23-14-24(20-15-32-34(16-20)12-10-26(35)36-2)28(30)33-27(23)18-3-6-21(29)7-4-18/h3-9,11,13-16H,10,12H2,1-2H3,(H2,30,33). The molecule has 0 fully saturated rings. The number of nitrogen functional groups attached to an aromatic ring is 1. The highest BCUT2D eigenvalue weighted by atomic mass is 19.1. The zero-order chi connectivity index (χ0) is 25.2. The molecule has 180 valence electrons. The molecule has 0 spiro atoms. The molecule has 0 amide bonds. The van der Waals surface area contributed by atoms with Crippen LogP contribution in [0.5, 0.6) is 0 Å². The summed E-state index contributed by atoms with van der Waals surface area (Å²) in [5.74, 6) is -0.304. The number of carbonyl (C=O) groups excluding carboxylic acids is 1. The molecule has 0 unspecified atom stereocenters. The topological polar surface area (TPSA) is 95.9 Å². The van der Waals surface area contributed by atoms with Crippen LogP contribution < -0.4 is 5.73 Å². The average Bonchev–Trinajstić information content (AvgIpc) is 3.36. The van der Waals surface area contributed by atoms with Gasteiger partial charge in [-0.05, 0) is 66.6 Å². The molecular formula is C28H24FN5O2. The molecule has 3 heterocycles. The summed E-state index contributed by atoms with van der Waals surface area (Å²) in [5.41, 5.74) is 13.1. The largest absolute Gasteiger partial charge is 0.469 e. The lowest BCUT2D eigenvalue weighted by molar-refractivity contribution is -0.140. The molecule has 5 aromatic rings. The predicted octanol–water partition coefficient (Wildman–Crippen LogP) is 5.42. The van der Waals surface area contributed by atoms with E-state index in [2.05, 4.69) is 16.1 Å². The van der Waals surface area contributed by atoms with Crippen molar-refractivity contribution in [1.82, 2.24) is 19.7 Å². The summed E-state index contributed by atoms with van der Waals surface area (Å²) in [5, 5.41) is 5.40. The van der Waals surface area contributed by atoms with E-state index in [0.717, 1.165) is 38.7 Å². The molecule has 0 aliphatic heterocycles. The number of esters is 1. The fourth-order valence-corrected chi connectivity index (χ4v) is 4.19. The first kappa shape index (κ1) is 23.2. The Bertz CT molecular complexity index is 1580. The fourth-order valence-electron chi connectivity index (χ4n) is 4.19. The highest BCUT2D eigenvalue weighted by Crippen LogP contribution is 2.38. The van der Waals surface area contributed by atoms with Gasteiger partial charge in [-0.1, -0.05) is 6.07 Å². The number of carbonyl (C=O) groups is 1. The predicted molar refractivity (Wildman–Crippen MR) is 137 cm³/mol. The van der Waals surface area contributed by atoms with Crippen LogP contribution in [0.25, 0.3) is 44.4 Å². The van der Waals surface area contributed by atoms with E-state index in [1.54, 1.807) is 29.2 Å². The third kappa shape index (κ3) is 4.53. The summed E-state index contributed by atoms with van der Waals surface area (Å²) >= 11 is 0. The second kappa shape index (κ2) is 9.58. The smallest absolute Gasteiger partial charge is 0.307 e. The van der Waals surface area contributed by atoms with Crippen molar-refractivity contribution in [3.8, 4) is 33.5 Å². The summed E-state index contributed by atoms with van der Waals surface area (Å²) in [6, 6.07) is 16.2. The van der Waals surface area contributed by atoms with E-state index < -0.39 is 0 Å². The molecular weight excluding hydrogens is 457 g/mol. The Balaban J connectivity index is 1.65. The van der Waals surface area contributed by atoms with Gasteiger partial charge in [0.15, 0.2) is 0 Å². The number of ether oxygens (including phenoxy) is 1. The number of nitrogens with zero attached hydrogens (tertiary/aromatic N) is 4. The van der Waals surface area contributed by atoms with Crippen LogP contribution in [0.4, 0.5) is 10.2 Å². The van der Waals surface area contributed by atoms with Crippen LogP contribution in [0.15, 0.2) is 73.2 Å². The van der Waals surface area contributed by atoms with Gasteiger partial charge in [0, 0.05) is 40.0 Å². The number of halogens is 1. The van der Waals surface area contributed by atoms with Crippen molar-refractivity contribution in [2.75, 3.05) is 12.8 Å². The highest BCUT2D eigenvalue weighted by molar-refractivity contribution is 5.93. The van der Waals surface area contributed by atoms with Crippen molar-refractivity contribution in [1.29, 1.82) is 0 Å². The Morgan fingerprint density at radius 2 is 1.81 bits per heavy atom. The molecule has 0 aliphatic carbocycles. The number of rotatable bonds is 6. The lowest BCUT2D eigenvalue weighted by atomic mass is 9.94. The summed E-state index contributed by atoms with van der Waals surface area (Å²) in [4.78, 5) is 20.7. The van der Waals surface area contributed by atoms with Gasteiger partial charge in [0.05, 0.1) is 37.5 Å². The Morgan fingerprint density at radius 1 is 1.03 bits per heavy atom. The minimum atomic E-state index is -0.323. The van der Waals surface area contributed by atoms with Crippen LogP contribution >= 0.6 is 0 Å². The first-order valence-corrected chi connectivity index (χ1v) is 11.4. The molecule has 0 bridgehead atoms. The molecule has 0 aliphatic rings. The number of aryl methyl sites for hydroxylation is 2. The summed E-state index contributed by atoms with van der Waals surface area (Å²) < 4.78 is 20.0. The second-order valence-electron chi connectivity index (χ2n) is 8.50. The number of anilines is 1. The van der Waals surface area contributed by atoms with Gasteiger partial charge in [0.1, 0.15) is 11.6 Å². The van der Waals surface area contributed by atoms with E-state index in [1.807, 2.05) is 37.4 Å². The van der Waals surface area contributed by atoms with Crippen LogP contribution in [0.3, 0.4) is 0 Å².